The summed E-state index contributed by atoms with van der Waals surface area (Å²) in [6, 6.07) is 7.09. The molecule has 4 nitrogen and oxygen atoms in total. The summed E-state index contributed by atoms with van der Waals surface area (Å²) in [7, 11) is 1.50. The molecule has 1 heterocycles. The lowest BCUT2D eigenvalue weighted by molar-refractivity contribution is -0.273. The normalized spacial score (nSPS) is 10.2. The summed E-state index contributed by atoms with van der Waals surface area (Å²) < 4.78 is 4.97. The van der Waals surface area contributed by atoms with Gasteiger partial charge in [0.1, 0.15) is 0 Å². The summed E-state index contributed by atoms with van der Waals surface area (Å²) in [5.74, 6) is 0.0617. The van der Waals surface area contributed by atoms with Crippen molar-refractivity contribution in [2.45, 2.75) is 0 Å². The average Bonchev–Trinajstić information content (AvgIpc) is 2.19. The molecule has 0 spiro atoms. The SMILES string of the molecule is COc1nnc([O-])c2ccccc12. The molecule has 0 unspecified atom stereocenters. The van der Waals surface area contributed by atoms with Crippen LogP contribution in [0.2, 0.25) is 0 Å². The first-order valence-corrected chi connectivity index (χ1v) is 3.79. The smallest absolute Gasteiger partial charge is 0.241 e. The molecule has 0 saturated carbocycles. The Hall–Kier alpha value is -1.84. The average molecular weight is 175 g/mol. The van der Waals surface area contributed by atoms with Gasteiger partial charge in [-0.25, -0.2) is 0 Å². The predicted octanol–water partition coefficient (Wildman–Crippen LogP) is 0.712. The van der Waals surface area contributed by atoms with E-state index in [4.69, 9.17) is 4.74 Å². The summed E-state index contributed by atoms with van der Waals surface area (Å²) in [6.07, 6.45) is 0. The Balaban J connectivity index is 2.84. The Kier molecular flexibility index (Phi) is 1.73. The van der Waals surface area contributed by atoms with E-state index in [-0.39, 0.29) is 5.88 Å². The third-order valence-electron chi connectivity index (χ3n) is 1.81. The molecule has 0 N–H and O–H groups in total. The van der Waals surface area contributed by atoms with Crippen molar-refractivity contribution >= 4 is 10.8 Å². The van der Waals surface area contributed by atoms with Crippen molar-refractivity contribution in [3.8, 4) is 11.8 Å². The van der Waals surface area contributed by atoms with Crippen LogP contribution in [0.3, 0.4) is 0 Å². The fourth-order valence-electron chi connectivity index (χ4n) is 1.21. The maximum absolute atomic E-state index is 11.2. The van der Waals surface area contributed by atoms with Crippen LogP contribution in [0.4, 0.5) is 0 Å². The van der Waals surface area contributed by atoms with Crippen molar-refractivity contribution in [1.29, 1.82) is 0 Å². The van der Waals surface area contributed by atoms with Crippen molar-refractivity contribution in [3.05, 3.63) is 24.3 Å². The Morgan fingerprint density at radius 1 is 1.15 bits per heavy atom. The molecule has 4 heteroatoms. The second-order valence-corrected chi connectivity index (χ2v) is 2.56. The lowest BCUT2D eigenvalue weighted by atomic mass is 10.2. The highest BCUT2D eigenvalue weighted by Crippen LogP contribution is 2.25. The Labute approximate surface area is 74.8 Å². The van der Waals surface area contributed by atoms with Crippen molar-refractivity contribution in [3.63, 3.8) is 0 Å². The minimum Gasteiger partial charge on any atom is -0.857 e. The van der Waals surface area contributed by atoms with Crippen LogP contribution in [0.25, 0.3) is 10.8 Å². The summed E-state index contributed by atoms with van der Waals surface area (Å²) in [4.78, 5) is 0. The van der Waals surface area contributed by atoms with E-state index < -0.39 is 0 Å². The van der Waals surface area contributed by atoms with Gasteiger partial charge in [-0.2, -0.15) is 5.10 Å². The van der Waals surface area contributed by atoms with Crippen LogP contribution in [-0.2, 0) is 0 Å². The van der Waals surface area contributed by atoms with E-state index in [1.165, 1.54) is 7.11 Å². The molecule has 13 heavy (non-hydrogen) atoms. The number of hydrogen-bond donors (Lipinski definition) is 0. The van der Waals surface area contributed by atoms with Gasteiger partial charge in [-0.05, 0) is 11.5 Å². The first kappa shape index (κ1) is 7.79. The van der Waals surface area contributed by atoms with Crippen LogP contribution in [0.15, 0.2) is 24.3 Å². The minimum atomic E-state index is -0.323. The number of aromatic nitrogens is 2. The molecule has 2 rings (SSSR count). The van der Waals surface area contributed by atoms with Gasteiger partial charge >= 0.3 is 0 Å². The van der Waals surface area contributed by atoms with Gasteiger partial charge in [0.2, 0.25) is 5.88 Å². The van der Waals surface area contributed by atoms with Gasteiger partial charge in [0.05, 0.1) is 7.11 Å². The molecular formula is C9H7N2O2-. The minimum absolute atomic E-state index is 0.323. The lowest BCUT2D eigenvalue weighted by Crippen LogP contribution is -1.99. The van der Waals surface area contributed by atoms with Gasteiger partial charge in [-0.3, -0.25) is 0 Å². The van der Waals surface area contributed by atoms with E-state index in [9.17, 15) is 5.11 Å². The Morgan fingerprint density at radius 3 is 2.54 bits per heavy atom. The number of nitrogens with zero attached hydrogens (tertiary/aromatic N) is 2. The molecule has 2 aromatic rings. The monoisotopic (exact) mass is 175 g/mol. The fraction of sp³-hybridized carbons (Fsp3) is 0.111. The van der Waals surface area contributed by atoms with Gasteiger partial charge in [0, 0.05) is 11.3 Å². The molecule has 0 aliphatic carbocycles. The van der Waals surface area contributed by atoms with Gasteiger partial charge in [0.15, 0.2) is 0 Å². The van der Waals surface area contributed by atoms with Gasteiger partial charge in [0.25, 0.3) is 0 Å². The quantitative estimate of drug-likeness (QED) is 0.640. The van der Waals surface area contributed by atoms with Crippen molar-refractivity contribution in [2.24, 2.45) is 0 Å². The highest BCUT2D eigenvalue weighted by molar-refractivity contribution is 5.89. The van der Waals surface area contributed by atoms with Crippen molar-refractivity contribution < 1.29 is 9.84 Å². The maximum Gasteiger partial charge on any atom is 0.241 e. The zero-order chi connectivity index (χ0) is 9.26. The Morgan fingerprint density at radius 2 is 1.85 bits per heavy atom. The second kappa shape index (κ2) is 2.90. The van der Waals surface area contributed by atoms with Gasteiger partial charge in [-0.1, -0.05) is 18.2 Å². The molecule has 66 valence electrons. The number of methoxy groups -OCH3 is 1. The predicted molar refractivity (Wildman–Crippen MR) is 45.5 cm³/mol. The molecule has 0 aliphatic rings. The van der Waals surface area contributed by atoms with Crippen LogP contribution >= 0.6 is 0 Å². The van der Waals surface area contributed by atoms with Crippen LogP contribution in [0.1, 0.15) is 0 Å². The molecule has 0 aliphatic heterocycles. The fourth-order valence-corrected chi connectivity index (χ4v) is 1.21. The third-order valence-corrected chi connectivity index (χ3v) is 1.81. The standard InChI is InChI=1S/C9H8N2O2/c1-13-9-7-5-3-2-4-6(7)8(12)10-11-9/h2-5H,1H3,(H,10,12)/p-1. The number of ether oxygens (including phenoxy) is 1. The second-order valence-electron chi connectivity index (χ2n) is 2.56. The van der Waals surface area contributed by atoms with E-state index in [2.05, 4.69) is 10.2 Å². The topological polar surface area (TPSA) is 58.1 Å². The summed E-state index contributed by atoms with van der Waals surface area (Å²) in [6.45, 7) is 0. The third kappa shape index (κ3) is 1.16. The van der Waals surface area contributed by atoms with Gasteiger partial charge < -0.3 is 9.84 Å². The molecule has 0 fully saturated rings. The van der Waals surface area contributed by atoms with Crippen molar-refractivity contribution in [1.82, 2.24) is 10.2 Å². The highest BCUT2D eigenvalue weighted by atomic mass is 16.5. The van der Waals surface area contributed by atoms with E-state index >= 15 is 0 Å². The molecule has 0 saturated heterocycles. The summed E-state index contributed by atoms with van der Waals surface area (Å²) >= 11 is 0. The zero-order valence-corrected chi connectivity index (χ0v) is 7.02. The van der Waals surface area contributed by atoms with Crippen LogP contribution in [0, 0.1) is 0 Å². The maximum atomic E-state index is 11.2. The van der Waals surface area contributed by atoms with Crippen LogP contribution in [-0.4, -0.2) is 17.3 Å². The number of fused-ring (bicyclic) bond motifs is 1. The van der Waals surface area contributed by atoms with Crippen molar-refractivity contribution in [2.75, 3.05) is 7.11 Å². The number of benzene rings is 1. The van der Waals surface area contributed by atoms with E-state index in [1.54, 1.807) is 18.2 Å². The lowest BCUT2D eigenvalue weighted by Gasteiger charge is -2.09. The molecule has 0 atom stereocenters. The van der Waals surface area contributed by atoms with E-state index in [1.807, 2.05) is 6.07 Å². The Bertz CT molecular complexity index is 443. The van der Waals surface area contributed by atoms with E-state index in [0.717, 1.165) is 0 Å². The summed E-state index contributed by atoms with van der Waals surface area (Å²) in [5, 5.41) is 19.5. The first-order chi connectivity index (χ1) is 6.33. The molecule has 1 aromatic carbocycles. The summed E-state index contributed by atoms with van der Waals surface area (Å²) in [5.41, 5.74) is 0. The first-order valence-electron chi connectivity index (χ1n) is 3.79. The number of rotatable bonds is 1. The van der Waals surface area contributed by atoms with Crippen LogP contribution in [0.5, 0.6) is 11.8 Å². The largest absolute Gasteiger partial charge is 0.857 e. The van der Waals surface area contributed by atoms with Crippen LogP contribution < -0.4 is 9.84 Å². The van der Waals surface area contributed by atoms with E-state index in [0.29, 0.717) is 16.7 Å². The zero-order valence-electron chi connectivity index (χ0n) is 7.02. The number of hydrogen-bond acceptors (Lipinski definition) is 4. The molecule has 0 radical (unpaired) electrons. The molecule has 0 amide bonds. The molecule has 1 aromatic heterocycles. The molecule has 0 bridgehead atoms. The highest BCUT2D eigenvalue weighted by Gasteiger charge is 2.02. The van der Waals surface area contributed by atoms with Gasteiger partial charge in [-0.15, -0.1) is 5.10 Å². The molecular weight excluding hydrogens is 168 g/mol.